The van der Waals surface area contributed by atoms with E-state index in [1.807, 2.05) is 24.3 Å². The lowest BCUT2D eigenvalue weighted by molar-refractivity contribution is 0.447. The van der Waals surface area contributed by atoms with Crippen LogP contribution in [-0.2, 0) is 10.8 Å². The molecule has 1 aliphatic rings. The molecule has 23 heavy (non-hydrogen) atoms. The molecule has 4 N–H and O–H groups in total. The van der Waals surface area contributed by atoms with Gasteiger partial charge in [-0.15, -0.1) is 0 Å². The van der Waals surface area contributed by atoms with Gasteiger partial charge in [0.25, 0.3) is 0 Å². The standard InChI is InChI=1S/C14H23NO.C6H7N/c1-13(2,3)9-7-10(14(4,5)6)12(16)11(15)8-9;7-6-4-2-1-3-5-6/h7-8,16H,15H2,1-6H3;1-4,7H,5H2. The summed E-state index contributed by atoms with van der Waals surface area (Å²) < 4.78 is 0. The molecule has 0 fully saturated rings. The van der Waals surface area contributed by atoms with Gasteiger partial charge in [0.05, 0.1) is 5.69 Å². The van der Waals surface area contributed by atoms with E-state index < -0.39 is 0 Å². The van der Waals surface area contributed by atoms with Crippen molar-refractivity contribution >= 4 is 11.4 Å². The van der Waals surface area contributed by atoms with Gasteiger partial charge in [0.15, 0.2) is 0 Å². The summed E-state index contributed by atoms with van der Waals surface area (Å²) >= 11 is 0. The first-order valence-corrected chi connectivity index (χ1v) is 7.97. The summed E-state index contributed by atoms with van der Waals surface area (Å²) in [6.45, 7) is 12.7. The van der Waals surface area contributed by atoms with E-state index in [2.05, 4.69) is 47.6 Å². The van der Waals surface area contributed by atoms with Crippen LogP contribution in [0.4, 0.5) is 5.69 Å². The van der Waals surface area contributed by atoms with E-state index in [0.717, 1.165) is 17.5 Å². The number of nitrogens with one attached hydrogen (secondary N) is 1. The molecule has 0 heterocycles. The summed E-state index contributed by atoms with van der Waals surface area (Å²) in [5, 5.41) is 17.0. The summed E-state index contributed by atoms with van der Waals surface area (Å²) in [4.78, 5) is 0. The van der Waals surface area contributed by atoms with Gasteiger partial charge in [0, 0.05) is 17.7 Å². The number of nitrogens with two attached hydrogens (primary N) is 1. The minimum Gasteiger partial charge on any atom is -0.505 e. The van der Waals surface area contributed by atoms with Gasteiger partial charge in [-0.05, 0) is 28.5 Å². The third-order valence-electron chi connectivity index (χ3n) is 3.70. The van der Waals surface area contributed by atoms with Gasteiger partial charge in [-0.25, -0.2) is 0 Å². The van der Waals surface area contributed by atoms with Crippen molar-refractivity contribution in [3.05, 3.63) is 47.6 Å². The van der Waals surface area contributed by atoms with Crippen LogP contribution in [0.15, 0.2) is 36.4 Å². The number of phenolic OH excluding ortho intramolecular Hbond substituents is 1. The third kappa shape index (κ3) is 5.59. The minimum atomic E-state index is -0.0978. The number of anilines is 1. The van der Waals surface area contributed by atoms with E-state index >= 15 is 0 Å². The van der Waals surface area contributed by atoms with Crippen molar-refractivity contribution in [3.63, 3.8) is 0 Å². The second-order valence-electron chi connectivity index (χ2n) is 7.98. The lowest BCUT2D eigenvalue weighted by Gasteiger charge is -2.26. The first kappa shape index (κ1) is 19.0. The predicted octanol–water partition coefficient (Wildman–Crippen LogP) is 5.09. The molecule has 1 aliphatic carbocycles. The zero-order valence-electron chi connectivity index (χ0n) is 15.2. The molecule has 0 radical (unpaired) electrons. The summed E-state index contributed by atoms with van der Waals surface area (Å²) in [6, 6.07) is 3.93. The molecule has 3 nitrogen and oxygen atoms in total. The normalized spacial score (nSPS) is 14.4. The number of benzene rings is 1. The van der Waals surface area contributed by atoms with Gasteiger partial charge >= 0.3 is 0 Å². The number of hydrogen-bond donors (Lipinski definition) is 3. The maximum absolute atomic E-state index is 10.00. The Balaban J connectivity index is 0.000000313. The highest BCUT2D eigenvalue weighted by Gasteiger charge is 2.23. The third-order valence-corrected chi connectivity index (χ3v) is 3.70. The molecule has 0 atom stereocenters. The average molecular weight is 314 g/mol. The monoisotopic (exact) mass is 314 g/mol. The molecule has 0 unspecified atom stereocenters. The van der Waals surface area contributed by atoms with Gasteiger partial charge in [0.1, 0.15) is 5.75 Å². The number of allylic oxidation sites excluding steroid dienone is 4. The molecule has 126 valence electrons. The molecule has 1 aromatic rings. The lowest BCUT2D eigenvalue weighted by Crippen LogP contribution is -2.17. The van der Waals surface area contributed by atoms with Gasteiger partial charge in [-0.3, -0.25) is 0 Å². The molecule has 0 saturated carbocycles. The highest BCUT2D eigenvalue weighted by atomic mass is 16.3. The number of nitrogen functional groups attached to an aromatic ring is 1. The summed E-state index contributed by atoms with van der Waals surface area (Å²) in [5.74, 6) is 0.223. The van der Waals surface area contributed by atoms with Crippen LogP contribution in [0.2, 0.25) is 0 Å². The summed E-state index contributed by atoms with van der Waals surface area (Å²) in [6.07, 6.45) is 8.42. The fourth-order valence-corrected chi connectivity index (χ4v) is 2.17. The van der Waals surface area contributed by atoms with E-state index in [1.54, 1.807) is 6.08 Å². The van der Waals surface area contributed by atoms with Crippen molar-refractivity contribution in [2.24, 2.45) is 0 Å². The molecule has 2 rings (SSSR count). The van der Waals surface area contributed by atoms with Crippen molar-refractivity contribution in [2.75, 3.05) is 5.73 Å². The Labute approximate surface area is 140 Å². The number of aromatic hydroxyl groups is 1. The molecule has 1 aromatic carbocycles. The first-order valence-electron chi connectivity index (χ1n) is 7.97. The molecule has 0 aromatic heterocycles. The molecule has 0 spiro atoms. The van der Waals surface area contributed by atoms with E-state index in [-0.39, 0.29) is 16.6 Å². The highest BCUT2D eigenvalue weighted by molar-refractivity contribution is 5.94. The van der Waals surface area contributed by atoms with E-state index in [9.17, 15) is 5.11 Å². The molecule has 0 bridgehead atoms. The second-order valence-corrected chi connectivity index (χ2v) is 7.98. The van der Waals surface area contributed by atoms with Crippen molar-refractivity contribution in [2.45, 2.75) is 58.8 Å². The molecular weight excluding hydrogens is 284 g/mol. The minimum absolute atomic E-state index is 0.0435. The topological polar surface area (TPSA) is 70.1 Å². The van der Waals surface area contributed by atoms with Crippen molar-refractivity contribution in [3.8, 4) is 5.75 Å². The molecule has 3 heteroatoms. The van der Waals surface area contributed by atoms with Crippen molar-refractivity contribution < 1.29 is 5.11 Å². The first-order chi connectivity index (χ1) is 10.4. The van der Waals surface area contributed by atoms with Crippen LogP contribution in [0.25, 0.3) is 0 Å². The van der Waals surface area contributed by atoms with Gasteiger partial charge in [-0.2, -0.15) is 0 Å². The largest absolute Gasteiger partial charge is 0.505 e. The Hall–Kier alpha value is -2.03. The summed E-state index contributed by atoms with van der Waals surface area (Å²) in [5.41, 5.74) is 9.05. The van der Waals surface area contributed by atoms with Gasteiger partial charge in [-0.1, -0.05) is 65.8 Å². The van der Waals surface area contributed by atoms with Crippen LogP contribution >= 0.6 is 0 Å². The Bertz CT molecular complexity index is 626. The Kier molecular flexibility index (Phi) is 5.81. The Morgan fingerprint density at radius 1 is 1.00 bits per heavy atom. The lowest BCUT2D eigenvalue weighted by atomic mass is 9.80. The van der Waals surface area contributed by atoms with Crippen LogP contribution in [0, 0.1) is 5.41 Å². The maximum atomic E-state index is 10.00. The smallest absolute Gasteiger partial charge is 0.142 e. The van der Waals surface area contributed by atoms with Crippen LogP contribution < -0.4 is 5.73 Å². The molecule has 0 aliphatic heterocycles. The van der Waals surface area contributed by atoms with Gasteiger partial charge < -0.3 is 16.2 Å². The Morgan fingerprint density at radius 3 is 1.96 bits per heavy atom. The number of hydrogen-bond acceptors (Lipinski definition) is 3. The second kappa shape index (κ2) is 7.03. The van der Waals surface area contributed by atoms with E-state index in [4.69, 9.17) is 11.1 Å². The number of phenols is 1. The van der Waals surface area contributed by atoms with Crippen LogP contribution in [0.5, 0.6) is 5.75 Å². The fraction of sp³-hybridized carbons (Fsp3) is 0.450. The zero-order chi connectivity index (χ0) is 17.8. The fourth-order valence-electron chi connectivity index (χ4n) is 2.17. The van der Waals surface area contributed by atoms with Crippen LogP contribution in [0.1, 0.15) is 59.1 Å². The summed E-state index contributed by atoms with van der Waals surface area (Å²) in [7, 11) is 0. The SMILES string of the molecule is CC(C)(C)c1cc(N)c(O)c(C(C)(C)C)c1.N=C1C=CC=CC1. The van der Waals surface area contributed by atoms with Crippen molar-refractivity contribution in [1.29, 1.82) is 5.41 Å². The zero-order valence-corrected chi connectivity index (χ0v) is 15.2. The average Bonchev–Trinajstić information content (AvgIpc) is 2.40. The van der Waals surface area contributed by atoms with Crippen LogP contribution in [0.3, 0.4) is 0 Å². The van der Waals surface area contributed by atoms with Crippen LogP contribution in [-0.4, -0.2) is 10.8 Å². The van der Waals surface area contributed by atoms with Gasteiger partial charge in [0.2, 0.25) is 0 Å². The maximum Gasteiger partial charge on any atom is 0.142 e. The molecule has 0 saturated heterocycles. The van der Waals surface area contributed by atoms with E-state index in [0.29, 0.717) is 11.4 Å². The van der Waals surface area contributed by atoms with E-state index in [1.165, 1.54) is 0 Å². The molecular formula is C20H30N2O. The van der Waals surface area contributed by atoms with Crippen molar-refractivity contribution in [1.82, 2.24) is 0 Å². The predicted molar refractivity (Wildman–Crippen MR) is 101 cm³/mol. The highest BCUT2D eigenvalue weighted by Crippen LogP contribution is 2.38. The number of rotatable bonds is 0. The molecule has 0 amide bonds. The quantitative estimate of drug-likeness (QED) is 0.461. The Morgan fingerprint density at radius 2 is 1.61 bits per heavy atom.